The standard InChI is InChI=1S/C26H24FN3O3/c1-30-9-3-6-20(14-30)28-25(31)17-5-2-4-16(10-17)18-11-21(33-15-18)13-23-22-12-19(27)7-8-24(22)29-26(23)32/h2,4-5,7-8,10-13,15,20H,3,6,9,14H2,1H3,(H,28,31)(H,29,32). The molecule has 7 heteroatoms. The molecule has 2 N–H and O–H groups in total. The summed E-state index contributed by atoms with van der Waals surface area (Å²) in [7, 11) is 2.06. The first-order chi connectivity index (χ1) is 16.0. The van der Waals surface area contributed by atoms with Crippen molar-refractivity contribution in [1.29, 1.82) is 0 Å². The predicted molar refractivity (Wildman–Crippen MR) is 125 cm³/mol. The normalized spacial score (nSPS) is 19.4. The van der Waals surface area contributed by atoms with Crippen LogP contribution in [0.15, 0.2) is 59.2 Å². The highest BCUT2D eigenvalue weighted by atomic mass is 19.1. The molecule has 2 aliphatic heterocycles. The van der Waals surface area contributed by atoms with Gasteiger partial charge in [-0.3, -0.25) is 9.59 Å². The van der Waals surface area contributed by atoms with Crippen molar-refractivity contribution < 1.29 is 18.4 Å². The van der Waals surface area contributed by atoms with E-state index in [9.17, 15) is 14.0 Å². The molecule has 6 nitrogen and oxygen atoms in total. The highest BCUT2D eigenvalue weighted by molar-refractivity contribution is 6.34. The van der Waals surface area contributed by atoms with Gasteiger partial charge in [-0.2, -0.15) is 0 Å². The maximum absolute atomic E-state index is 13.7. The molecular formula is C26H24FN3O3. The Morgan fingerprint density at radius 3 is 2.94 bits per heavy atom. The van der Waals surface area contributed by atoms with Crippen molar-refractivity contribution in [3.05, 3.63) is 77.5 Å². The van der Waals surface area contributed by atoms with Gasteiger partial charge < -0.3 is 20.0 Å². The van der Waals surface area contributed by atoms with Gasteiger partial charge in [-0.05, 0) is 74.5 Å². The summed E-state index contributed by atoms with van der Waals surface area (Å²) >= 11 is 0. The fourth-order valence-electron chi connectivity index (χ4n) is 4.42. The molecule has 0 saturated carbocycles. The van der Waals surface area contributed by atoms with Gasteiger partial charge in [0.15, 0.2) is 0 Å². The fraction of sp³-hybridized carbons (Fsp3) is 0.231. The number of benzene rings is 2. The van der Waals surface area contributed by atoms with Crippen LogP contribution < -0.4 is 10.6 Å². The number of furan rings is 1. The number of hydrogen-bond donors (Lipinski definition) is 2. The summed E-state index contributed by atoms with van der Waals surface area (Å²) in [5.41, 5.74) is 3.62. The molecule has 0 bridgehead atoms. The first-order valence-corrected chi connectivity index (χ1v) is 11.0. The van der Waals surface area contributed by atoms with Gasteiger partial charge in [-0.15, -0.1) is 0 Å². The van der Waals surface area contributed by atoms with E-state index in [0.717, 1.165) is 37.1 Å². The minimum atomic E-state index is -0.411. The SMILES string of the molecule is CN1CCCC(NC(=O)c2cccc(-c3coc(C=C4C(=O)Nc5ccc(F)cc54)c3)c2)C1. The lowest BCUT2D eigenvalue weighted by molar-refractivity contribution is -0.110. The van der Waals surface area contributed by atoms with Gasteiger partial charge in [-0.25, -0.2) is 4.39 Å². The highest BCUT2D eigenvalue weighted by Gasteiger charge is 2.25. The van der Waals surface area contributed by atoms with Crippen molar-refractivity contribution in [2.75, 3.05) is 25.5 Å². The molecular weight excluding hydrogens is 421 g/mol. The Morgan fingerprint density at radius 1 is 1.21 bits per heavy atom. The van der Waals surface area contributed by atoms with Crippen LogP contribution in [0.3, 0.4) is 0 Å². The zero-order valence-electron chi connectivity index (χ0n) is 18.2. The molecule has 168 valence electrons. The number of anilines is 1. The summed E-state index contributed by atoms with van der Waals surface area (Å²) in [6.07, 6.45) is 5.24. The molecule has 0 aliphatic carbocycles. The van der Waals surface area contributed by atoms with E-state index in [1.54, 1.807) is 30.5 Å². The maximum Gasteiger partial charge on any atom is 0.256 e. The van der Waals surface area contributed by atoms with E-state index in [2.05, 4.69) is 22.6 Å². The van der Waals surface area contributed by atoms with E-state index in [0.29, 0.717) is 28.1 Å². The van der Waals surface area contributed by atoms with E-state index in [4.69, 9.17) is 4.42 Å². The van der Waals surface area contributed by atoms with Gasteiger partial charge in [0, 0.05) is 35.0 Å². The van der Waals surface area contributed by atoms with Crippen LogP contribution in [-0.2, 0) is 4.79 Å². The van der Waals surface area contributed by atoms with Crippen LogP contribution >= 0.6 is 0 Å². The van der Waals surface area contributed by atoms with Crippen LogP contribution in [0.2, 0.25) is 0 Å². The molecule has 1 saturated heterocycles. The first-order valence-electron chi connectivity index (χ1n) is 11.0. The van der Waals surface area contributed by atoms with E-state index in [-0.39, 0.29) is 17.9 Å². The molecule has 2 amide bonds. The lowest BCUT2D eigenvalue weighted by Crippen LogP contribution is -2.46. The summed E-state index contributed by atoms with van der Waals surface area (Å²) < 4.78 is 19.3. The Balaban J connectivity index is 1.36. The lowest BCUT2D eigenvalue weighted by Gasteiger charge is -2.30. The molecule has 5 rings (SSSR count). The Labute approximate surface area is 191 Å². The number of carbonyl (C=O) groups is 2. The van der Waals surface area contributed by atoms with E-state index < -0.39 is 5.82 Å². The van der Waals surface area contributed by atoms with Gasteiger partial charge in [0.05, 0.1) is 11.8 Å². The van der Waals surface area contributed by atoms with Gasteiger partial charge in [0.1, 0.15) is 11.6 Å². The molecule has 3 aromatic rings. The van der Waals surface area contributed by atoms with Crippen molar-refractivity contribution in [1.82, 2.24) is 10.2 Å². The molecule has 2 aromatic carbocycles. The average Bonchev–Trinajstić information content (AvgIpc) is 3.39. The molecule has 1 fully saturated rings. The zero-order chi connectivity index (χ0) is 22.9. The molecule has 0 spiro atoms. The van der Waals surface area contributed by atoms with Crippen molar-refractivity contribution in [3.63, 3.8) is 0 Å². The summed E-state index contributed by atoms with van der Waals surface area (Å²) in [4.78, 5) is 27.3. The van der Waals surface area contributed by atoms with E-state index in [1.165, 1.54) is 12.1 Å². The fourth-order valence-corrected chi connectivity index (χ4v) is 4.42. The van der Waals surface area contributed by atoms with Crippen molar-refractivity contribution in [3.8, 4) is 11.1 Å². The third-order valence-corrected chi connectivity index (χ3v) is 6.09. The number of nitrogens with zero attached hydrogens (tertiary/aromatic N) is 1. The Kier molecular flexibility index (Phi) is 5.56. The number of nitrogens with one attached hydrogen (secondary N) is 2. The maximum atomic E-state index is 13.7. The van der Waals surface area contributed by atoms with Crippen LogP contribution in [-0.4, -0.2) is 42.9 Å². The van der Waals surface area contributed by atoms with Crippen LogP contribution in [0.5, 0.6) is 0 Å². The number of likely N-dealkylation sites (N-methyl/N-ethyl adjacent to an activating group) is 1. The smallest absolute Gasteiger partial charge is 0.256 e. The Hall–Kier alpha value is -3.71. The van der Waals surface area contributed by atoms with E-state index in [1.807, 2.05) is 18.2 Å². The summed E-state index contributed by atoms with van der Waals surface area (Å²) in [6, 6.07) is 13.5. The molecule has 2 aliphatic rings. The molecule has 1 unspecified atom stereocenters. The Morgan fingerprint density at radius 2 is 2.09 bits per heavy atom. The van der Waals surface area contributed by atoms with Crippen LogP contribution in [0.4, 0.5) is 10.1 Å². The van der Waals surface area contributed by atoms with Crippen LogP contribution in [0.25, 0.3) is 22.8 Å². The average molecular weight is 445 g/mol. The molecule has 33 heavy (non-hydrogen) atoms. The number of carbonyl (C=O) groups excluding carboxylic acids is 2. The lowest BCUT2D eigenvalue weighted by atomic mass is 10.0. The second-order valence-corrected chi connectivity index (χ2v) is 8.60. The Bertz CT molecular complexity index is 1260. The van der Waals surface area contributed by atoms with Gasteiger partial charge in [0.2, 0.25) is 0 Å². The van der Waals surface area contributed by atoms with Crippen molar-refractivity contribution in [2.24, 2.45) is 0 Å². The number of halogens is 1. The van der Waals surface area contributed by atoms with Crippen molar-refractivity contribution >= 4 is 29.2 Å². The number of amides is 2. The number of hydrogen-bond acceptors (Lipinski definition) is 4. The second kappa shape index (κ2) is 8.67. The second-order valence-electron chi connectivity index (χ2n) is 8.60. The molecule has 3 heterocycles. The number of rotatable bonds is 4. The van der Waals surface area contributed by atoms with Gasteiger partial charge in [0.25, 0.3) is 11.8 Å². The number of piperidine rings is 1. The summed E-state index contributed by atoms with van der Waals surface area (Å²) in [5, 5.41) is 5.85. The quantitative estimate of drug-likeness (QED) is 0.584. The van der Waals surface area contributed by atoms with Gasteiger partial charge in [-0.1, -0.05) is 12.1 Å². The molecule has 0 radical (unpaired) electrons. The van der Waals surface area contributed by atoms with Crippen molar-refractivity contribution in [2.45, 2.75) is 18.9 Å². The van der Waals surface area contributed by atoms with E-state index >= 15 is 0 Å². The minimum Gasteiger partial charge on any atom is -0.464 e. The van der Waals surface area contributed by atoms with Crippen LogP contribution in [0, 0.1) is 5.82 Å². The monoisotopic (exact) mass is 445 g/mol. The molecule has 1 aromatic heterocycles. The topological polar surface area (TPSA) is 74.6 Å². The number of fused-ring (bicyclic) bond motifs is 1. The molecule has 1 atom stereocenters. The summed E-state index contributed by atoms with van der Waals surface area (Å²) in [5.74, 6) is -0.344. The zero-order valence-corrected chi connectivity index (χ0v) is 18.2. The van der Waals surface area contributed by atoms with Gasteiger partial charge >= 0.3 is 0 Å². The third-order valence-electron chi connectivity index (χ3n) is 6.09. The number of likely N-dealkylation sites (tertiary alicyclic amines) is 1. The largest absolute Gasteiger partial charge is 0.464 e. The van der Waals surface area contributed by atoms with Crippen LogP contribution in [0.1, 0.15) is 34.5 Å². The summed E-state index contributed by atoms with van der Waals surface area (Å²) in [6.45, 7) is 1.91. The minimum absolute atomic E-state index is 0.0933. The first kappa shape index (κ1) is 21.2. The predicted octanol–water partition coefficient (Wildman–Crippen LogP) is 4.40. The highest BCUT2D eigenvalue weighted by Crippen LogP contribution is 2.34. The third kappa shape index (κ3) is 4.45.